The molecule has 18 heteroatoms. The van der Waals surface area contributed by atoms with Gasteiger partial charge in [0, 0.05) is 79.7 Å². The number of nitrogens with zero attached hydrogens (tertiary/aromatic N) is 4. The maximum Gasteiger partial charge on any atom is 0.326 e. The molecule has 2 saturated heterocycles. The number of hydrogen-bond donors (Lipinski definition) is 4. The molecule has 2 aliphatic carbocycles. The highest BCUT2D eigenvalue weighted by Crippen LogP contribution is 2.50. The van der Waals surface area contributed by atoms with Gasteiger partial charge >= 0.3 is 11.9 Å². The lowest BCUT2D eigenvalue weighted by molar-refractivity contribution is -0.140. The van der Waals surface area contributed by atoms with Gasteiger partial charge in [0.15, 0.2) is 0 Å². The molecule has 466 valence electrons. The van der Waals surface area contributed by atoms with Crippen molar-refractivity contribution in [3.8, 4) is 23.0 Å². The maximum atomic E-state index is 16.9. The number of fused-ring (bicyclic) bond motifs is 2. The first kappa shape index (κ1) is 63.1. The number of halogens is 2. The van der Waals surface area contributed by atoms with Gasteiger partial charge in [-0.1, -0.05) is 66.7 Å². The lowest BCUT2D eigenvalue weighted by atomic mass is 9.88. The molecule has 4 atom stereocenters. The summed E-state index contributed by atoms with van der Waals surface area (Å²) < 4.78 is 56.6. The van der Waals surface area contributed by atoms with Gasteiger partial charge in [-0.25, -0.2) is 18.4 Å². The highest BCUT2D eigenvalue weighted by molar-refractivity contribution is 5.99. The van der Waals surface area contributed by atoms with Gasteiger partial charge in [0.2, 0.25) is 0 Å². The van der Waals surface area contributed by atoms with Crippen LogP contribution in [0.25, 0.3) is 0 Å². The Kier molecular flexibility index (Phi) is 20.1. The van der Waals surface area contributed by atoms with Crippen LogP contribution in [0.5, 0.6) is 23.0 Å². The summed E-state index contributed by atoms with van der Waals surface area (Å²) >= 11 is 0. The number of aliphatic carboxylic acids is 2. The van der Waals surface area contributed by atoms with Crippen molar-refractivity contribution in [1.29, 1.82) is 0 Å². The van der Waals surface area contributed by atoms with Crippen molar-refractivity contribution in [3.05, 3.63) is 186 Å². The average molecular weight is 1210 g/mol. The standard InChI is InChI=1S/C70H82F2N6O10/c1-75(2)38-46-21-27-59(85-4)63(65(46)87-6)53-25-23-49-44(16-12-18-51(49)53)36-58(70(83)84)74-68(80)62-48(41-78-31-10-11-32-78)33-42(34-56(62)72)37-76(3)39-47-22-28-60(86-5)64(66(47)88-7)54-26-24-50-43(15-13-19-52(50)54)35-57(69(81)82)73-67(79)61-45(17-14-20-55(61)71)40-77-29-8-9-30-77/h12-22,27-28,33-34,53-54,57-58H,8-11,23-26,29-32,35-41H2,1-7H3,(H,73,79)(H,74,80)(H,81,82)(H,83,84)/t53-,54+,57+,58+/m1/s1. The van der Waals surface area contributed by atoms with Gasteiger partial charge in [0.05, 0.1) is 39.6 Å². The van der Waals surface area contributed by atoms with E-state index in [1.54, 1.807) is 40.6 Å². The number of carbonyl (C=O) groups excluding carboxylic acids is 2. The Balaban J connectivity index is 0.860. The Hall–Kier alpha value is -7.90. The molecule has 0 spiro atoms. The van der Waals surface area contributed by atoms with E-state index in [0.29, 0.717) is 85.9 Å². The third-order valence-electron chi connectivity index (χ3n) is 18.2. The predicted molar refractivity (Wildman–Crippen MR) is 332 cm³/mol. The number of hydrogen-bond acceptors (Lipinski definition) is 12. The third kappa shape index (κ3) is 13.7. The van der Waals surface area contributed by atoms with Crippen LogP contribution in [0.4, 0.5) is 8.78 Å². The molecule has 0 unspecified atom stereocenters. The summed E-state index contributed by atoms with van der Waals surface area (Å²) in [6.45, 7) is 5.31. The van der Waals surface area contributed by atoms with Gasteiger partial charge < -0.3 is 44.7 Å². The van der Waals surface area contributed by atoms with Crippen LogP contribution in [0, 0.1) is 11.6 Å². The van der Waals surface area contributed by atoms with Crippen LogP contribution in [-0.4, -0.2) is 141 Å². The van der Waals surface area contributed by atoms with E-state index < -0.39 is 47.5 Å². The summed E-state index contributed by atoms with van der Waals surface area (Å²) in [5.74, 6) is -3.02. The number of ether oxygens (including phenoxy) is 4. The molecule has 2 amide bonds. The van der Waals surface area contributed by atoms with E-state index in [9.17, 15) is 29.4 Å². The zero-order valence-electron chi connectivity index (χ0n) is 51.6. The monoisotopic (exact) mass is 1200 g/mol. The van der Waals surface area contributed by atoms with Crippen LogP contribution in [0.15, 0.2) is 91.0 Å². The number of carbonyl (C=O) groups is 4. The van der Waals surface area contributed by atoms with Crippen molar-refractivity contribution in [3.63, 3.8) is 0 Å². The number of amides is 2. The number of methoxy groups -OCH3 is 4. The maximum absolute atomic E-state index is 16.9. The predicted octanol–water partition coefficient (Wildman–Crippen LogP) is 9.89. The topological polar surface area (TPSA) is 183 Å². The van der Waals surface area contributed by atoms with Gasteiger partial charge in [0.25, 0.3) is 11.8 Å². The quantitative estimate of drug-likeness (QED) is 0.0403. The molecule has 6 aromatic carbocycles. The van der Waals surface area contributed by atoms with E-state index in [1.807, 2.05) is 86.7 Å². The van der Waals surface area contributed by atoms with Crippen molar-refractivity contribution in [1.82, 2.24) is 30.2 Å². The van der Waals surface area contributed by atoms with Crippen LogP contribution >= 0.6 is 0 Å². The van der Waals surface area contributed by atoms with Gasteiger partial charge in [-0.15, -0.1) is 0 Å². The first-order valence-corrected chi connectivity index (χ1v) is 30.6. The Morgan fingerprint density at radius 2 is 1.00 bits per heavy atom. The highest BCUT2D eigenvalue weighted by atomic mass is 19.1. The molecule has 0 aromatic heterocycles. The molecular formula is C70H82F2N6O10. The van der Waals surface area contributed by atoms with E-state index in [1.165, 1.54) is 12.1 Å². The number of rotatable bonds is 26. The summed E-state index contributed by atoms with van der Waals surface area (Å²) in [5, 5.41) is 26.6. The normalized spacial score (nSPS) is 17.2. The Morgan fingerprint density at radius 1 is 0.545 bits per heavy atom. The fourth-order valence-electron chi connectivity index (χ4n) is 14.3. The van der Waals surface area contributed by atoms with E-state index in [-0.39, 0.29) is 35.8 Å². The molecule has 88 heavy (non-hydrogen) atoms. The summed E-state index contributed by atoms with van der Waals surface area (Å²) in [5.41, 5.74) is 10.5. The molecule has 0 saturated carbocycles. The lowest BCUT2D eigenvalue weighted by Gasteiger charge is -2.25. The smallest absolute Gasteiger partial charge is 0.326 e. The fourth-order valence-corrected chi connectivity index (χ4v) is 14.3. The van der Waals surface area contributed by atoms with Crippen LogP contribution < -0.4 is 29.6 Å². The third-order valence-corrected chi connectivity index (χ3v) is 18.2. The van der Waals surface area contributed by atoms with Crippen molar-refractivity contribution in [2.24, 2.45) is 0 Å². The molecule has 0 bridgehead atoms. The molecular weight excluding hydrogens is 1120 g/mol. The molecule has 10 rings (SSSR count). The minimum Gasteiger partial charge on any atom is -0.496 e. The van der Waals surface area contributed by atoms with Gasteiger partial charge in [-0.2, -0.15) is 0 Å². The number of carboxylic acids is 2. The minimum absolute atomic E-state index is 0.00367. The molecule has 4 N–H and O–H groups in total. The van der Waals surface area contributed by atoms with Crippen molar-refractivity contribution < 1.29 is 57.1 Å². The second-order valence-corrected chi connectivity index (χ2v) is 24.3. The summed E-state index contributed by atoms with van der Waals surface area (Å²) in [7, 11) is 12.5. The van der Waals surface area contributed by atoms with Gasteiger partial charge in [-0.3, -0.25) is 24.3 Å². The van der Waals surface area contributed by atoms with Crippen molar-refractivity contribution >= 4 is 23.8 Å². The summed E-state index contributed by atoms with van der Waals surface area (Å²) in [6, 6.07) is 24.6. The van der Waals surface area contributed by atoms with Crippen molar-refractivity contribution in [2.75, 3.05) is 75.8 Å². The number of nitrogens with one attached hydrogen (secondary N) is 2. The summed E-state index contributed by atoms with van der Waals surface area (Å²) in [6.07, 6.45) is 6.69. The van der Waals surface area contributed by atoms with Gasteiger partial charge in [0.1, 0.15) is 46.7 Å². The Labute approximate surface area is 514 Å². The minimum atomic E-state index is -1.35. The second-order valence-electron chi connectivity index (χ2n) is 24.3. The SMILES string of the molecule is COc1ccc(CN(C)C)c(OC)c1[C@@H]1CCc2c(C[C@H](NC(=O)c3c(F)cc(CN(C)Cc4ccc(OC)c([C@H]5CCc6c(C[C@H](NC(=O)c7c(F)cccc7CN7CCCC7)C(=O)O)cccc65)c4OC)cc3CN3CCCC3)C(=O)O)cccc21. The van der Waals surface area contributed by atoms with E-state index in [4.69, 9.17) is 18.9 Å². The van der Waals surface area contributed by atoms with Crippen LogP contribution in [0.3, 0.4) is 0 Å². The Morgan fingerprint density at radius 3 is 1.47 bits per heavy atom. The second kappa shape index (κ2) is 28.1. The van der Waals surface area contributed by atoms with Crippen LogP contribution in [0.1, 0.15) is 143 Å². The molecule has 2 aliphatic heterocycles. The first-order chi connectivity index (χ1) is 42.5. The molecule has 16 nitrogen and oxygen atoms in total. The van der Waals surface area contributed by atoms with Crippen LogP contribution in [0.2, 0.25) is 0 Å². The Bertz CT molecular complexity index is 3560. The molecule has 2 fully saturated rings. The molecule has 6 aromatic rings. The van der Waals surface area contributed by atoms with E-state index in [0.717, 1.165) is 120 Å². The van der Waals surface area contributed by atoms with Crippen LogP contribution in [-0.2, 0) is 68.0 Å². The first-order valence-electron chi connectivity index (χ1n) is 30.6. The molecule has 4 aliphatic rings. The summed E-state index contributed by atoms with van der Waals surface area (Å²) in [4.78, 5) is 62.8. The molecule has 2 heterocycles. The largest absolute Gasteiger partial charge is 0.496 e. The van der Waals surface area contributed by atoms with Gasteiger partial charge in [-0.05, 0) is 173 Å². The van der Waals surface area contributed by atoms with E-state index in [2.05, 4.69) is 31.4 Å². The zero-order chi connectivity index (χ0) is 62.3. The zero-order valence-corrected chi connectivity index (χ0v) is 51.6. The lowest BCUT2D eigenvalue weighted by Crippen LogP contribution is -2.43. The van der Waals surface area contributed by atoms with Crippen molar-refractivity contribution in [2.45, 2.75) is 121 Å². The number of carboxylic acid groups (broad SMARTS) is 2. The average Bonchev–Trinajstić information content (AvgIpc) is 1.87. The molecule has 0 radical (unpaired) electrons. The number of benzene rings is 6. The highest BCUT2D eigenvalue weighted by Gasteiger charge is 2.36. The fraction of sp³-hybridized carbons (Fsp3) is 0.429. The number of likely N-dealkylation sites (tertiary alicyclic amines) is 2. The van der Waals surface area contributed by atoms with E-state index >= 15 is 8.78 Å².